The minimum atomic E-state index is -1.05. The van der Waals surface area contributed by atoms with Crippen LogP contribution in [0, 0.1) is 19.7 Å². The van der Waals surface area contributed by atoms with Gasteiger partial charge >= 0.3 is 0 Å². The molecule has 0 bridgehead atoms. The Morgan fingerprint density at radius 2 is 2.04 bits per heavy atom. The van der Waals surface area contributed by atoms with Crippen molar-refractivity contribution in [3.8, 4) is 0 Å². The van der Waals surface area contributed by atoms with Gasteiger partial charge in [0.2, 0.25) is 5.91 Å². The summed E-state index contributed by atoms with van der Waals surface area (Å²) in [6.45, 7) is 4.89. The second kappa shape index (κ2) is 6.57. The summed E-state index contributed by atoms with van der Waals surface area (Å²) in [6.07, 6.45) is 0.511. The van der Waals surface area contributed by atoms with Gasteiger partial charge in [0, 0.05) is 20.1 Å². The van der Waals surface area contributed by atoms with Crippen LogP contribution < -0.4 is 5.32 Å². The minimum Gasteiger partial charge on any atom is -0.384 e. The molecular weight excluding hydrogens is 323 g/mol. The number of β-amino-alcohol motifs (C(OH)–C–C–N with tert-alkyl or cyclic N) is 1. The zero-order valence-corrected chi connectivity index (χ0v) is 14.7. The lowest BCUT2D eigenvalue weighted by Crippen LogP contribution is -2.35. The number of nitrogens with one attached hydrogen (secondary N) is 1. The fourth-order valence-electron chi connectivity index (χ4n) is 3.34. The summed E-state index contributed by atoms with van der Waals surface area (Å²) in [7, 11) is 1.83. The third-order valence-corrected chi connectivity index (χ3v) is 4.85. The van der Waals surface area contributed by atoms with Crippen molar-refractivity contribution in [1.29, 1.82) is 0 Å². The third kappa shape index (κ3) is 3.57. The van der Waals surface area contributed by atoms with Gasteiger partial charge in [0.05, 0.1) is 23.6 Å². The largest absolute Gasteiger partial charge is 0.384 e. The molecule has 0 aliphatic carbocycles. The average molecular weight is 346 g/mol. The highest BCUT2D eigenvalue weighted by Crippen LogP contribution is 2.32. The van der Waals surface area contributed by atoms with Gasteiger partial charge in [-0.3, -0.25) is 14.4 Å². The van der Waals surface area contributed by atoms with Crippen molar-refractivity contribution < 1.29 is 14.3 Å². The number of carbonyl (C=O) groups excluding carboxylic acids is 1. The van der Waals surface area contributed by atoms with Gasteiger partial charge in [-0.25, -0.2) is 4.39 Å². The molecule has 0 spiro atoms. The summed E-state index contributed by atoms with van der Waals surface area (Å²) in [5.74, 6) is -0.466. The zero-order valence-electron chi connectivity index (χ0n) is 14.7. The normalized spacial score (nSPS) is 20.8. The van der Waals surface area contributed by atoms with E-state index < -0.39 is 5.60 Å². The zero-order chi connectivity index (χ0) is 18.2. The SMILES string of the molecule is Cc1nn(C)c(C)c1NC(=O)CN1CCC(O)(c2ccc(F)cc2)C1. The van der Waals surface area contributed by atoms with Gasteiger partial charge in [-0.1, -0.05) is 12.1 Å². The van der Waals surface area contributed by atoms with E-state index in [0.29, 0.717) is 25.1 Å². The molecule has 2 N–H and O–H groups in total. The van der Waals surface area contributed by atoms with Crippen LogP contribution in [0.5, 0.6) is 0 Å². The van der Waals surface area contributed by atoms with Crippen molar-refractivity contribution in [2.75, 3.05) is 25.0 Å². The second-order valence-electron chi connectivity index (χ2n) is 6.72. The number of halogens is 1. The molecule has 1 aromatic heterocycles. The summed E-state index contributed by atoms with van der Waals surface area (Å²) < 4.78 is 14.8. The highest BCUT2D eigenvalue weighted by atomic mass is 19.1. The molecule has 7 heteroatoms. The summed E-state index contributed by atoms with van der Waals surface area (Å²) in [4.78, 5) is 14.3. The van der Waals surface area contributed by atoms with Crippen LogP contribution in [0.2, 0.25) is 0 Å². The number of anilines is 1. The van der Waals surface area contributed by atoms with Gasteiger partial charge in [0.25, 0.3) is 0 Å². The topological polar surface area (TPSA) is 70.4 Å². The summed E-state index contributed by atoms with van der Waals surface area (Å²) >= 11 is 0. The number of aliphatic hydroxyl groups is 1. The quantitative estimate of drug-likeness (QED) is 0.884. The molecule has 1 amide bonds. The van der Waals surface area contributed by atoms with Crippen LogP contribution in [0.4, 0.5) is 10.1 Å². The fraction of sp³-hybridized carbons (Fsp3) is 0.444. The first-order valence-corrected chi connectivity index (χ1v) is 8.29. The van der Waals surface area contributed by atoms with Crippen LogP contribution >= 0.6 is 0 Å². The molecule has 6 nitrogen and oxygen atoms in total. The Morgan fingerprint density at radius 3 is 2.64 bits per heavy atom. The highest BCUT2D eigenvalue weighted by Gasteiger charge is 2.38. The first-order chi connectivity index (χ1) is 11.8. The van der Waals surface area contributed by atoms with Crippen molar-refractivity contribution in [2.45, 2.75) is 25.9 Å². The molecule has 0 saturated carbocycles. The Morgan fingerprint density at radius 1 is 1.36 bits per heavy atom. The van der Waals surface area contributed by atoms with Crippen LogP contribution in [0.25, 0.3) is 0 Å². The fourth-order valence-corrected chi connectivity index (χ4v) is 3.34. The standard InChI is InChI=1S/C18H23FN4O2/c1-12-17(13(2)22(3)21-12)20-16(24)10-23-9-8-18(25,11-23)14-4-6-15(19)7-5-14/h4-7,25H,8-11H2,1-3H3,(H,20,24). The molecule has 1 aliphatic rings. The van der Waals surface area contributed by atoms with Crippen LogP contribution in [-0.4, -0.2) is 45.3 Å². The number of hydrogen-bond donors (Lipinski definition) is 2. The van der Waals surface area contributed by atoms with Gasteiger partial charge in [-0.2, -0.15) is 5.10 Å². The van der Waals surface area contributed by atoms with Crippen LogP contribution in [0.3, 0.4) is 0 Å². The van der Waals surface area contributed by atoms with E-state index in [1.54, 1.807) is 16.8 Å². The summed E-state index contributed by atoms with van der Waals surface area (Å²) in [5, 5.41) is 18.0. The number of amides is 1. The molecule has 2 aromatic rings. The van der Waals surface area contributed by atoms with E-state index in [2.05, 4.69) is 10.4 Å². The summed E-state index contributed by atoms with van der Waals surface area (Å²) in [6, 6.07) is 5.88. The number of benzene rings is 1. The van der Waals surface area contributed by atoms with Gasteiger partial charge < -0.3 is 10.4 Å². The molecule has 1 fully saturated rings. The minimum absolute atomic E-state index is 0.137. The smallest absolute Gasteiger partial charge is 0.238 e. The van der Waals surface area contributed by atoms with Gasteiger partial charge in [0.1, 0.15) is 11.4 Å². The molecule has 1 aromatic carbocycles. The second-order valence-corrected chi connectivity index (χ2v) is 6.72. The lowest BCUT2D eigenvalue weighted by Gasteiger charge is -2.24. The Kier molecular flexibility index (Phi) is 4.62. The van der Waals surface area contributed by atoms with E-state index in [0.717, 1.165) is 17.1 Å². The molecular formula is C18H23FN4O2. The predicted molar refractivity (Wildman–Crippen MR) is 92.7 cm³/mol. The maximum Gasteiger partial charge on any atom is 0.238 e. The van der Waals surface area contributed by atoms with E-state index in [9.17, 15) is 14.3 Å². The van der Waals surface area contributed by atoms with Crippen molar-refractivity contribution in [2.24, 2.45) is 7.05 Å². The summed E-state index contributed by atoms with van der Waals surface area (Å²) in [5.41, 5.74) is 2.04. The maximum absolute atomic E-state index is 13.1. The van der Waals surface area contributed by atoms with Crippen LogP contribution in [-0.2, 0) is 17.4 Å². The first kappa shape index (κ1) is 17.6. The van der Waals surface area contributed by atoms with Crippen molar-refractivity contribution in [3.05, 3.63) is 47.0 Å². The van der Waals surface area contributed by atoms with Crippen LogP contribution in [0.1, 0.15) is 23.4 Å². The van der Waals surface area contributed by atoms with Crippen molar-refractivity contribution >= 4 is 11.6 Å². The average Bonchev–Trinajstić information content (AvgIpc) is 3.04. The lowest BCUT2D eigenvalue weighted by atomic mass is 9.93. The Balaban J connectivity index is 1.63. The number of aromatic nitrogens is 2. The number of aryl methyl sites for hydroxylation is 2. The molecule has 1 saturated heterocycles. The predicted octanol–water partition coefficient (Wildman–Crippen LogP) is 1.71. The number of rotatable bonds is 4. The molecule has 1 unspecified atom stereocenters. The van der Waals surface area contributed by atoms with Crippen LogP contribution in [0.15, 0.2) is 24.3 Å². The van der Waals surface area contributed by atoms with Gasteiger partial charge in [-0.05, 0) is 38.0 Å². The van der Waals surface area contributed by atoms with E-state index >= 15 is 0 Å². The van der Waals surface area contributed by atoms with E-state index in [-0.39, 0.29) is 18.3 Å². The molecule has 2 heterocycles. The van der Waals surface area contributed by atoms with Crippen molar-refractivity contribution in [1.82, 2.24) is 14.7 Å². The third-order valence-electron chi connectivity index (χ3n) is 4.85. The number of likely N-dealkylation sites (tertiary alicyclic amines) is 1. The van der Waals surface area contributed by atoms with Gasteiger partial charge in [-0.15, -0.1) is 0 Å². The van der Waals surface area contributed by atoms with Gasteiger partial charge in [0.15, 0.2) is 0 Å². The first-order valence-electron chi connectivity index (χ1n) is 8.29. The number of nitrogens with zero attached hydrogens (tertiary/aromatic N) is 3. The highest BCUT2D eigenvalue weighted by molar-refractivity contribution is 5.93. The molecule has 134 valence electrons. The Bertz CT molecular complexity index is 787. The molecule has 1 aliphatic heterocycles. The van der Waals surface area contributed by atoms with E-state index in [1.807, 2.05) is 25.8 Å². The maximum atomic E-state index is 13.1. The number of carbonyl (C=O) groups is 1. The Hall–Kier alpha value is -2.25. The number of hydrogen-bond acceptors (Lipinski definition) is 4. The molecule has 1 atom stereocenters. The van der Waals surface area contributed by atoms with E-state index in [4.69, 9.17) is 0 Å². The Labute approximate surface area is 146 Å². The monoisotopic (exact) mass is 346 g/mol. The van der Waals surface area contributed by atoms with Crippen molar-refractivity contribution in [3.63, 3.8) is 0 Å². The van der Waals surface area contributed by atoms with E-state index in [1.165, 1.54) is 12.1 Å². The lowest BCUT2D eigenvalue weighted by molar-refractivity contribution is -0.117. The molecule has 0 radical (unpaired) electrons. The molecule has 3 rings (SSSR count). The molecule has 25 heavy (non-hydrogen) atoms.